The van der Waals surface area contributed by atoms with Gasteiger partial charge in [-0.2, -0.15) is 0 Å². The minimum Gasteiger partial charge on any atom is -0.623 e. The molecule has 1 unspecified atom stereocenters. The molecule has 0 aliphatic heterocycles. The van der Waals surface area contributed by atoms with E-state index >= 15 is 0 Å². The minimum absolute atomic E-state index is 0.102. The quantitative estimate of drug-likeness (QED) is 0.241. The van der Waals surface area contributed by atoms with Gasteiger partial charge in [-0.05, 0) is 45.0 Å². The number of alkyl carbamates (subject to hydrolysis) is 1. The topological polar surface area (TPSA) is 80.2 Å². The summed E-state index contributed by atoms with van der Waals surface area (Å²) in [5.41, 5.74) is 1.88. The number of carbonyl (C=O) groups is 1. The number of amides is 1. The molecule has 1 aromatic heterocycles. The molecule has 0 fully saturated rings. The summed E-state index contributed by atoms with van der Waals surface area (Å²) in [6, 6.07) is 14.5. The number of aromatic nitrogens is 1. The summed E-state index contributed by atoms with van der Waals surface area (Å²) in [5, 5.41) is 16.7. The summed E-state index contributed by atoms with van der Waals surface area (Å²) < 4.78 is 7.13. The third-order valence-corrected chi connectivity index (χ3v) is 4.75. The van der Waals surface area contributed by atoms with Crippen molar-refractivity contribution in [3.05, 3.63) is 75.5 Å². The number of hydrogen-bond acceptors (Lipinski definition) is 3. The molecule has 1 atom stereocenters. The average molecular weight is 458 g/mol. The third-order valence-electron chi connectivity index (χ3n) is 4.26. The largest absolute Gasteiger partial charge is 0.623 e. The number of nitrogens with one attached hydrogen (secondary N) is 2. The van der Waals surface area contributed by atoms with E-state index in [0.717, 1.165) is 31.2 Å². The molecule has 2 aromatic carbocycles. The summed E-state index contributed by atoms with van der Waals surface area (Å²) in [5.74, 6) is 0. The lowest BCUT2D eigenvalue weighted by atomic mass is 10.1. The Morgan fingerprint density at radius 1 is 1.28 bits per heavy atom. The normalized spacial score (nSPS) is 13.3. The van der Waals surface area contributed by atoms with Crippen LogP contribution in [0.15, 0.2) is 59.2 Å². The Morgan fingerprint density at radius 3 is 2.69 bits per heavy atom. The first-order chi connectivity index (χ1) is 13.7. The monoisotopic (exact) mass is 457 g/mol. The second kappa shape index (κ2) is 8.69. The average Bonchev–Trinajstić information content (AvgIpc) is 3.04. The van der Waals surface area contributed by atoms with Gasteiger partial charge in [0.25, 0.3) is 0 Å². The number of hydroxylamine groups is 1. The lowest BCUT2D eigenvalue weighted by Gasteiger charge is -2.21. The highest BCUT2D eigenvalue weighted by Gasteiger charge is 2.25. The minimum atomic E-state index is -0.627. The number of fused-ring (bicyclic) bond motifs is 1. The van der Waals surface area contributed by atoms with Gasteiger partial charge in [0.2, 0.25) is 6.04 Å². The fourth-order valence-corrected chi connectivity index (χ4v) is 3.36. The highest BCUT2D eigenvalue weighted by molar-refractivity contribution is 9.10. The predicted octanol–water partition coefficient (Wildman–Crippen LogP) is 5.13. The number of ether oxygens (including phenoxy) is 1. The van der Waals surface area contributed by atoms with Crippen LogP contribution in [0.5, 0.6) is 0 Å². The van der Waals surface area contributed by atoms with E-state index in [1.54, 1.807) is 20.8 Å². The van der Waals surface area contributed by atoms with Crippen molar-refractivity contribution in [1.29, 1.82) is 0 Å². The van der Waals surface area contributed by atoms with Gasteiger partial charge in [0.1, 0.15) is 5.60 Å². The van der Waals surface area contributed by atoms with Crippen molar-refractivity contribution in [2.75, 3.05) is 6.54 Å². The molecule has 29 heavy (non-hydrogen) atoms. The molecule has 3 aromatic rings. The Morgan fingerprint density at radius 2 is 2.00 bits per heavy atom. The van der Waals surface area contributed by atoms with E-state index in [4.69, 9.17) is 4.74 Å². The number of hydrogen-bond donors (Lipinski definition) is 2. The molecule has 6 nitrogen and oxygen atoms in total. The summed E-state index contributed by atoms with van der Waals surface area (Å²) in [7, 11) is 0. The summed E-state index contributed by atoms with van der Waals surface area (Å²) >= 11 is 3.46. The molecule has 0 bridgehead atoms. The Labute approximate surface area is 178 Å². The Balaban J connectivity index is 1.92. The second-order valence-corrected chi connectivity index (χ2v) is 8.65. The molecule has 2 N–H and O–H groups in total. The van der Waals surface area contributed by atoms with E-state index in [1.165, 1.54) is 6.21 Å². The zero-order chi connectivity index (χ0) is 21.0. The molecular weight excluding hydrogens is 434 g/mol. The van der Waals surface area contributed by atoms with Crippen LogP contribution in [-0.2, 0) is 4.74 Å². The van der Waals surface area contributed by atoms with Crippen LogP contribution in [-0.4, -0.2) is 34.2 Å². The first-order valence-corrected chi connectivity index (χ1v) is 10.1. The number of rotatable bonds is 5. The SMILES string of the molecule is CC(C)(C)OC(=O)NCC(c1c[nH]c2cc(Br)ccc12)/[N+]([O-])=C\c1ccccc1. The van der Waals surface area contributed by atoms with E-state index in [-0.39, 0.29) is 6.54 Å². The van der Waals surface area contributed by atoms with E-state index < -0.39 is 17.7 Å². The molecule has 0 saturated heterocycles. The van der Waals surface area contributed by atoms with E-state index in [0.29, 0.717) is 0 Å². The van der Waals surface area contributed by atoms with E-state index in [9.17, 15) is 10.0 Å². The third kappa shape index (κ3) is 5.60. The van der Waals surface area contributed by atoms with Crippen molar-refractivity contribution in [3.63, 3.8) is 0 Å². The lowest BCUT2D eigenvalue weighted by molar-refractivity contribution is -0.500. The number of aromatic amines is 1. The molecule has 3 rings (SSSR count). The molecular formula is C22H24BrN3O3. The molecule has 0 aliphatic rings. The molecule has 0 spiro atoms. The molecule has 0 radical (unpaired) electrons. The fourth-order valence-electron chi connectivity index (χ4n) is 3.00. The molecule has 7 heteroatoms. The molecule has 0 aliphatic carbocycles. The molecule has 152 valence electrons. The van der Waals surface area contributed by atoms with Crippen LogP contribution < -0.4 is 5.32 Å². The van der Waals surface area contributed by atoms with Crippen molar-refractivity contribution in [1.82, 2.24) is 10.3 Å². The second-order valence-electron chi connectivity index (χ2n) is 7.73. The van der Waals surface area contributed by atoms with Gasteiger partial charge in [-0.1, -0.05) is 40.2 Å². The van der Waals surface area contributed by atoms with Crippen LogP contribution in [0.2, 0.25) is 0 Å². The van der Waals surface area contributed by atoms with Crippen LogP contribution in [0.25, 0.3) is 10.9 Å². The first-order valence-electron chi connectivity index (χ1n) is 9.32. The summed E-state index contributed by atoms with van der Waals surface area (Å²) in [6.07, 6.45) is 2.78. The van der Waals surface area contributed by atoms with Gasteiger partial charge in [-0.3, -0.25) is 0 Å². The number of carbonyl (C=O) groups excluding carboxylic acids is 1. The van der Waals surface area contributed by atoms with Gasteiger partial charge < -0.3 is 20.2 Å². The smallest absolute Gasteiger partial charge is 0.407 e. The zero-order valence-electron chi connectivity index (χ0n) is 16.6. The summed E-state index contributed by atoms with van der Waals surface area (Å²) in [4.78, 5) is 15.3. The van der Waals surface area contributed by atoms with E-state index in [2.05, 4.69) is 26.2 Å². The molecule has 1 amide bonds. The molecule has 0 saturated carbocycles. The van der Waals surface area contributed by atoms with Crippen LogP contribution in [0.4, 0.5) is 4.79 Å². The van der Waals surface area contributed by atoms with Crippen molar-refractivity contribution >= 4 is 39.1 Å². The Bertz CT molecular complexity index is 1020. The molecule has 1 heterocycles. The Kier molecular flexibility index (Phi) is 6.27. The fraction of sp³-hybridized carbons (Fsp3) is 0.273. The van der Waals surface area contributed by atoms with Gasteiger partial charge >= 0.3 is 6.09 Å². The van der Waals surface area contributed by atoms with E-state index in [1.807, 2.05) is 54.7 Å². The predicted molar refractivity (Wildman–Crippen MR) is 118 cm³/mol. The highest BCUT2D eigenvalue weighted by atomic mass is 79.9. The number of H-pyrrole nitrogens is 1. The standard InChI is InChI=1S/C22H24BrN3O3/c1-22(2,3)29-21(27)25-13-20(26(28)14-15-7-5-4-6-8-15)18-12-24-19-11-16(23)9-10-17(18)19/h4-12,14,20,24H,13H2,1-3H3,(H,25,27)/b26-14+. The highest BCUT2D eigenvalue weighted by Crippen LogP contribution is 2.28. The van der Waals surface area contributed by atoms with Gasteiger partial charge in [-0.15, -0.1) is 0 Å². The first kappa shape index (κ1) is 20.9. The van der Waals surface area contributed by atoms with Gasteiger partial charge in [-0.25, -0.2) is 9.53 Å². The van der Waals surface area contributed by atoms with Crippen LogP contribution in [0, 0.1) is 5.21 Å². The number of halogens is 1. The lowest BCUT2D eigenvalue weighted by Crippen LogP contribution is -2.36. The zero-order valence-corrected chi connectivity index (χ0v) is 18.2. The van der Waals surface area contributed by atoms with Gasteiger partial charge in [0.05, 0.1) is 6.54 Å². The Hall–Kier alpha value is -2.80. The maximum atomic E-state index is 13.1. The van der Waals surface area contributed by atoms with Crippen LogP contribution in [0.3, 0.4) is 0 Å². The van der Waals surface area contributed by atoms with Crippen molar-refractivity contribution in [2.45, 2.75) is 32.4 Å². The van der Waals surface area contributed by atoms with Crippen molar-refractivity contribution in [3.8, 4) is 0 Å². The number of benzene rings is 2. The van der Waals surface area contributed by atoms with Crippen molar-refractivity contribution in [2.24, 2.45) is 0 Å². The van der Waals surface area contributed by atoms with Crippen molar-refractivity contribution < 1.29 is 14.3 Å². The maximum absolute atomic E-state index is 13.1. The summed E-state index contributed by atoms with van der Waals surface area (Å²) in [6.45, 7) is 5.49. The van der Waals surface area contributed by atoms with Crippen LogP contribution in [0.1, 0.15) is 37.9 Å². The van der Waals surface area contributed by atoms with Gasteiger partial charge in [0, 0.05) is 32.7 Å². The maximum Gasteiger partial charge on any atom is 0.407 e. The van der Waals surface area contributed by atoms with Crippen LogP contribution >= 0.6 is 15.9 Å². The number of nitrogens with zero attached hydrogens (tertiary/aromatic N) is 1. The van der Waals surface area contributed by atoms with Gasteiger partial charge in [0.15, 0.2) is 6.21 Å².